The number of H-pyrrole nitrogens is 1. The SMILES string of the molecule is COc1ccc(-n2c(=O)c(CCC(=O)OC(C)C(=O)c3c[nH]c4ccccc34)nc3ccccc32)cc1. The number of benzene rings is 3. The molecule has 5 aromatic rings. The number of ether oxygens (including phenoxy) is 2. The van der Waals surface area contributed by atoms with Gasteiger partial charge in [0.15, 0.2) is 6.10 Å². The first-order valence-corrected chi connectivity index (χ1v) is 11.9. The summed E-state index contributed by atoms with van der Waals surface area (Å²) in [5, 5.41) is 0.773. The van der Waals surface area contributed by atoms with Crippen LogP contribution >= 0.6 is 0 Å². The molecule has 1 N–H and O–H groups in total. The largest absolute Gasteiger partial charge is 0.497 e. The first-order chi connectivity index (χ1) is 18.0. The van der Waals surface area contributed by atoms with Gasteiger partial charge in [-0.3, -0.25) is 19.0 Å². The van der Waals surface area contributed by atoms with Crippen LogP contribution in [-0.2, 0) is 16.0 Å². The number of rotatable bonds is 8. The zero-order chi connectivity index (χ0) is 25.9. The number of nitrogens with one attached hydrogen (secondary N) is 1. The number of carbonyl (C=O) groups excluding carboxylic acids is 2. The third kappa shape index (κ3) is 4.73. The number of aromatic nitrogens is 3. The Hall–Kier alpha value is -4.72. The van der Waals surface area contributed by atoms with Crippen molar-refractivity contribution in [2.75, 3.05) is 7.11 Å². The zero-order valence-electron chi connectivity index (χ0n) is 20.4. The molecule has 0 aliphatic rings. The van der Waals surface area contributed by atoms with Crippen molar-refractivity contribution in [3.05, 3.63) is 101 Å². The van der Waals surface area contributed by atoms with E-state index in [1.54, 1.807) is 49.1 Å². The highest BCUT2D eigenvalue weighted by Crippen LogP contribution is 2.21. The second-order valence-corrected chi connectivity index (χ2v) is 8.63. The molecule has 0 fully saturated rings. The molecular formula is C29H25N3O5. The number of aromatic amines is 1. The predicted octanol–water partition coefficient (Wildman–Crippen LogP) is 4.62. The van der Waals surface area contributed by atoms with Crippen LogP contribution in [0, 0.1) is 0 Å². The quantitative estimate of drug-likeness (QED) is 0.249. The molecule has 186 valence electrons. The van der Waals surface area contributed by atoms with Crippen molar-refractivity contribution in [2.45, 2.75) is 25.9 Å². The van der Waals surface area contributed by atoms with Crippen molar-refractivity contribution in [2.24, 2.45) is 0 Å². The summed E-state index contributed by atoms with van der Waals surface area (Å²) in [6, 6.07) is 21.9. The predicted molar refractivity (Wildman–Crippen MR) is 140 cm³/mol. The molecule has 0 radical (unpaired) electrons. The van der Waals surface area contributed by atoms with Crippen molar-refractivity contribution in [3.63, 3.8) is 0 Å². The Morgan fingerprint density at radius 1 is 1.00 bits per heavy atom. The van der Waals surface area contributed by atoms with Gasteiger partial charge in [0, 0.05) is 34.8 Å². The molecule has 1 atom stereocenters. The van der Waals surface area contributed by atoms with Gasteiger partial charge < -0.3 is 14.5 Å². The number of nitrogens with zero attached hydrogens (tertiary/aromatic N) is 2. The van der Waals surface area contributed by atoms with Gasteiger partial charge in [-0.15, -0.1) is 0 Å². The average Bonchev–Trinajstić information content (AvgIpc) is 3.36. The lowest BCUT2D eigenvalue weighted by Crippen LogP contribution is -2.27. The lowest BCUT2D eigenvalue weighted by molar-refractivity contribution is -0.146. The van der Waals surface area contributed by atoms with Crippen LogP contribution in [0.4, 0.5) is 0 Å². The normalized spacial score (nSPS) is 11.9. The lowest BCUT2D eigenvalue weighted by Gasteiger charge is -2.14. The van der Waals surface area contributed by atoms with Crippen LogP contribution in [0.25, 0.3) is 27.6 Å². The lowest BCUT2D eigenvalue weighted by atomic mass is 10.1. The van der Waals surface area contributed by atoms with Gasteiger partial charge in [0.1, 0.15) is 11.4 Å². The van der Waals surface area contributed by atoms with E-state index in [0.717, 1.165) is 10.9 Å². The number of esters is 1. The van der Waals surface area contributed by atoms with Crippen LogP contribution in [0.15, 0.2) is 83.8 Å². The zero-order valence-corrected chi connectivity index (χ0v) is 20.4. The summed E-state index contributed by atoms with van der Waals surface area (Å²) >= 11 is 0. The van der Waals surface area contributed by atoms with Gasteiger partial charge in [0.25, 0.3) is 5.56 Å². The number of fused-ring (bicyclic) bond motifs is 2. The Kier molecular flexibility index (Phi) is 6.55. The van der Waals surface area contributed by atoms with Gasteiger partial charge in [-0.05, 0) is 49.4 Å². The molecule has 0 amide bonds. The smallest absolute Gasteiger partial charge is 0.306 e. The highest BCUT2D eigenvalue weighted by atomic mass is 16.5. The molecule has 3 aromatic carbocycles. The van der Waals surface area contributed by atoms with E-state index in [1.165, 1.54) is 0 Å². The first-order valence-electron chi connectivity index (χ1n) is 11.9. The van der Waals surface area contributed by atoms with Gasteiger partial charge in [-0.25, -0.2) is 4.98 Å². The maximum Gasteiger partial charge on any atom is 0.306 e. The third-order valence-corrected chi connectivity index (χ3v) is 6.26. The number of hydrogen-bond donors (Lipinski definition) is 1. The maximum absolute atomic E-state index is 13.4. The molecule has 0 bridgehead atoms. The molecule has 1 unspecified atom stereocenters. The van der Waals surface area contributed by atoms with E-state index in [2.05, 4.69) is 9.97 Å². The molecule has 0 spiro atoms. The molecule has 0 aliphatic heterocycles. The molecular weight excluding hydrogens is 470 g/mol. The van der Waals surface area contributed by atoms with E-state index in [1.807, 2.05) is 48.5 Å². The fourth-order valence-electron chi connectivity index (χ4n) is 4.35. The van der Waals surface area contributed by atoms with E-state index in [-0.39, 0.29) is 29.9 Å². The summed E-state index contributed by atoms with van der Waals surface area (Å²) in [4.78, 5) is 46.5. The molecule has 5 rings (SSSR count). The highest BCUT2D eigenvalue weighted by molar-refractivity contribution is 6.10. The van der Waals surface area contributed by atoms with Gasteiger partial charge in [0.05, 0.1) is 24.6 Å². The van der Waals surface area contributed by atoms with E-state index in [0.29, 0.717) is 28.0 Å². The number of para-hydroxylation sites is 3. The van der Waals surface area contributed by atoms with Crippen LogP contribution in [0.1, 0.15) is 29.4 Å². The van der Waals surface area contributed by atoms with Gasteiger partial charge in [0.2, 0.25) is 5.78 Å². The molecule has 37 heavy (non-hydrogen) atoms. The average molecular weight is 496 g/mol. The highest BCUT2D eigenvalue weighted by Gasteiger charge is 2.23. The minimum absolute atomic E-state index is 0.0760. The number of methoxy groups -OCH3 is 1. The standard InChI is InChI=1S/C29H25N3O5/c1-18(28(34)22-17-30-23-8-4-3-7-21(22)23)37-27(33)16-15-25-29(35)32(19-11-13-20(36-2)14-12-19)26-10-6-5-9-24(26)31-25/h3-14,17-18,30H,15-16H2,1-2H3. The summed E-state index contributed by atoms with van der Waals surface area (Å²) in [6.07, 6.45) is 0.645. The number of ketones is 1. The second kappa shape index (κ2) is 10.1. The van der Waals surface area contributed by atoms with Crippen molar-refractivity contribution < 1.29 is 19.1 Å². The fraction of sp³-hybridized carbons (Fsp3) is 0.172. The van der Waals surface area contributed by atoms with Crippen molar-refractivity contribution >= 4 is 33.7 Å². The second-order valence-electron chi connectivity index (χ2n) is 8.63. The molecule has 0 saturated heterocycles. The molecule has 2 aromatic heterocycles. The number of carbonyl (C=O) groups is 2. The van der Waals surface area contributed by atoms with E-state index in [4.69, 9.17) is 9.47 Å². The molecule has 8 nitrogen and oxygen atoms in total. The van der Waals surface area contributed by atoms with Crippen LogP contribution in [0.5, 0.6) is 5.75 Å². The van der Waals surface area contributed by atoms with Crippen LogP contribution in [0.3, 0.4) is 0 Å². The Bertz CT molecular complexity index is 1670. The molecule has 0 aliphatic carbocycles. The van der Waals surface area contributed by atoms with Crippen LogP contribution in [-0.4, -0.2) is 39.5 Å². The minimum Gasteiger partial charge on any atom is -0.497 e. The van der Waals surface area contributed by atoms with E-state index < -0.39 is 12.1 Å². The maximum atomic E-state index is 13.4. The molecule has 2 heterocycles. The molecule has 8 heteroatoms. The van der Waals surface area contributed by atoms with Crippen molar-refractivity contribution in [3.8, 4) is 11.4 Å². The van der Waals surface area contributed by atoms with Gasteiger partial charge in [-0.2, -0.15) is 0 Å². The fourth-order valence-corrected chi connectivity index (χ4v) is 4.35. The third-order valence-electron chi connectivity index (χ3n) is 6.26. The van der Waals surface area contributed by atoms with E-state index in [9.17, 15) is 14.4 Å². The Labute approximate surface area is 212 Å². The number of Topliss-reactive ketones (excluding diaryl/α,β-unsaturated/α-hetero) is 1. The monoisotopic (exact) mass is 495 g/mol. The van der Waals surface area contributed by atoms with Gasteiger partial charge >= 0.3 is 5.97 Å². The summed E-state index contributed by atoms with van der Waals surface area (Å²) in [5.74, 6) is -0.197. The van der Waals surface area contributed by atoms with Crippen LogP contribution in [0.2, 0.25) is 0 Å². The number of hydrogen-bond acceptors (Lipinski definition) is 6. The topological polar surface area (TPSA) is 103 Å². The Morgan fingerprint density at radius 2 is 1.73 bits per heavy atom. The minimum atomic E-state index is -0.966. The first kappa shape index (κ1) is 24.0. The summed E-state index contributed by atoms with van der Waals surface area (Å²) in [6.45, 7) is 1.55. The van der Waals surface area contributed by atoms with E-state index >= 15 is 0 Å². The van der Waals surface area contributed by atoms with Crippen molar-refractivity contribution in [1.82, 2.24) is 14.5 Å². The number of aryl methyl sites for hydroxylation is 1. The molecule has 0 saturated carbocycles. The Morgan fingerprint density at radius 3 is 2.51 bits per heavy atom. The summed E-state index contributed by atoms with van der Waals surface area (Å²) < 4.78 is 12.2. The van der Waals surface area contributed by atoms with Gasteiger partial charge in [-0.1, -0.05) is 30.3 Å². The van der Waals surface area contributed by atoms with Crippen LogP contribution < -0.4 is 10.3 Å². The summed E-state index contributed by atoms with van der Waals surface area (Å²) in [7, 11) is 1.58. The Balaban J connectivity index is 1.35. The summed E-state index contributed by atoms with van der Waals surface area (Å²) in [5.41, 5.74) is 3.16. The van der Waals surface area contributed by atoms with Crippen molar-refractivity contribution in [1.29, 1.82) is 0 Å².